The monoisotopic (exact) mass is 283 g/mol. The molecule has 1 N–H and O–H groups in total. The number of benzene rings is 2. The van der Waals surface area contributed by atoms with Crippen LogP contribution in [0.15, 0.2) is 60.7 Å². The van der Waals surface area contributed by atoms with Crippen LogP contribution in [0.4, 0.5) is 0 Å². The highest BCUT2D eigenvalue weighted by molar-refractivity contribution is 5.82. The molecule has 0 amide bonds. The minimum atomic E-state index is -0.363. The van der Waals surface area contributed by atoms with E-state index in [1.54, 1.807) is 14.0 Å². The molecule has 21 heavy (non-hydrogen) atoms. The molecule has 3 nitrogen and oxygen atoms in total. The summed E-state index contributed by atoms with van der Waals surface area (Å²) in [6, 6.07) is 19.5. The third-order valence-electron chi connectivity index (χ3n) is 3.49. The molecule has 3 heteroatoms. The minimum Gasteiger partial charge on any atom is -0.375 e. The van der Waals surface area contributed by atoms with Gasteiger partial charge in [-0.15, -0.1) is 0 Å². The number of ketones is 1. The van der Waals surface area contributed by atoms with Crippen molar-refractivity contribution in [3.05, 3.63) is 71.8 Å². The average Bonchev–Trinajstić information content (AvgIpc) is 2.53. The van der Waals surface area contributed by atoms with Crippen LogP contribution in [0.3, 0.4) is 0 Å². The van der Waals surface area contributed by atoms with Gasteiger partial charge >= 0.3 is 0 Å². The summed E-state index contributed by atoms with van der Waals surface area (Å²) in [7, 11) is 1.64. The van der Waals surface area contributed by atoms with E-state index in [1.807, 2.05) is 60.7 Å². The number of nitrogens with one attached hydrogen (secondary N) is 1. The molecule has 2 rings (SSSR count). The summed E-state index contributed by atoms with van der Waals surface area (Å²) in [5.74, 6) is 0.0710. The van der Waals surface area contributed by atoms with E-state index < -0.39 is 0 Å². The third-order valence-corrected chi connectivity index (χ3v) is 3.49. The first kappa shape index (κ1) is 15.4. The molecule has 110 valence electrons. The molecule has 0 bridgehead atoms. The first-order valence-corrected chi connectivity index (χ1v) is 7.08. The molecular weight excluding hydrogens is 262 g/mol. The zero-order valence-electron chi connectivity index (χ0n) is 12.5. The molecule has 0 heterocycles. The van der Waals surface area contributed by atoms with Crippen molar-refractivity contribution in [3.8, 4) is 0 Å². The van der Waals surface area contributed by atoms with Gasteiger partial charge in [0, 0.05) is 13.7 Å². The predicted molar refractivity (Wildman–Crippen MR) is 83.9 cm³/mol. The van der Waals surface area contributed by atoms with Crippen molar-refractivity contribution in [2.75, 3.05) is 7.11 Å². The van der Waals surface area contributed by atoms with Gasteiger partial charge in [-0.3, -0.25) is 4.79 Å². The number of ether oxygens (including phenoxy) is 1. The fraction of sp³-hybridized carbons (Fsp3) is 0.278. The molecule has 0 radical (unpaired) electrons. The topological polar surface area (TPSA) is 38.3 Å². The van der Waals surface area contributed by atoms with Crippen molar-refractivity contribution in [1.82, 2.24) is 5.32 Å². The lowest BCUT2D eigenvalue weighted by atomic mass is 9.99. The van der Waals surface area contributed by atoms with E-state index in [0.717, 1.165) is 11.1 Å². The highest BCUT2D eigenvalue weighted by atomic mass is 16.5. The van der Waals surface area contributed by atoms with Crippen LogP contribution in [0.1, 0.15) is 24.2 Å². The van der Waals surface area contributed by atoms with Gasteiger partial charge in [-0.05, 0) is 18.1 Å². The van der Waals surface area contributed by atoms with Gasteiger partial charge in [0.15, 0.2) is 0 Å². The first-order chi connectivity index (χ1) is 10.2. The molecule has 2 atom stereocenters. The Balaban J connectivity index is 2.12. The molecule has 0 aromatic heterocycles. The van der Waals surface area contributed by atoms with E-state index in [4.69, 9.17) is 4.74 Å². The lowest BCUT2D eigenvalue weighted by molar-refractivity contribution is -0.122. The lowest BCUT2D eigenvalue weighted by Gasteiger charge is -2.25. The normalized spacial score (nSPS) is 13.6. The van der Waals surface area contributed by atoms with Crippen molar-refractivity contribution < 1.29 is 9.53 Å². The highest BCUT2D eigenvalue weighted by Crippen LogP contribution is 2.21. The van der Waals surface area contributed by atoms with E-state index >= 15 is 0 Å². The van der Waals surface area contributed by atoms with Crippen LogP contribution >= 0.6 is 0 Å². The predicted octanol–water partition coefficient (Wildman–Crippen LogP) is 3.12. The molecule has 0 fully saturated rings. The van der Waals surface area contributed by atoms with Crippen molar-refractivity contribution in [1.29, 1.82) is 0 Å². The Labute approximate surface area is 126 Å². The van der Waals surface area contributed by atoms with Crippen LogP contribution in [0.5, 0.6) is 0 Å². The van der Waals surface area contributed by atoms with Gasteiger partial charge in [0.2, 0.25) is 0 Å². The molecule has 0 saturated heterocycles. The van der Waals surface area contributed by atoms with Crippen molar-refractivity contribution >= 4 is 5.78 Å². The van der Waals surface area contributed by atoms with Crippen LogP contribution in [-0.2, 0) is 16.1 Å². The van der Waals surface area contributed by atoms with Crippen LogP contribution in [0.2, 0.25) is 0 Å². The molecule has 2 aromatic rings. The number of Topliss-reactive ketones (excluding diaryl/α,β-unsaturated/α-hetero) is 1. The molecule has 2 unspecified atom stereocenters. The van der Waals surface area contributed by atoms with Crippen LogP contribution in [0, 0.1) is 0 Å². The standard InChI is InChI=1S/C18H21NO2/c1-14(20)17(19-13-15-9-5-3-6-10-15)18(21-2)16-11-7-4-8-12-16/h3-12,17-19H,13H2,1-2H3. The van der Waals surface area contributed by atoms with Gasteiger partial charge < -0.3 is 10.1 Å². The molecule has 0 saturated carbocycles. The van der Waals surface area contributed by atoms with E-state index in [2.05, 4.69) is 5.32 Å². The second-order valence-electron chi connectivity index (χ2n) is 5.02. The number of carbonyl (C=O) groups is 1. The van der Waals surface area contributed by atoms with E-state index in [9.17, 15) is 4.79 Å². The van der Waals surface area contributed by atoms with Crippen molar-refractivity contribution in [2.24, 2.45) is 0 Å². The molecule has 0 aliphatic carbocycles. The summed E-state index contributed by atoms with van der Waals surface area (Å²) in [5.41, 5.74) is 2.15. The van der Waals surface area contributed by atoms with Gasteiger partial charge in [-0.1, -0.05) is 60.7 Å². The minimum absolute atomic E-state index is 0.0710. The number of rotatable bonds is 7. The molecule has 0 spiro atoms. The van der Waals surface area contributed by atoms with Crippen molar-refractivity contribution in [3.63, 3.8) is 0 Å². The van der Waals surface area contributed by atoms with Gasteiger partial charge in [-0.25, -0.2) is 0 Å². The first-order valence-electron chi connectivity index (χ1n) is 7.08. The second-order valence-corrected chi connectivity index (χ2v) is 5.02. The van der Waals surface area contributed by atoms with Crippen LogP contribution < -0.4 is 5.32 Å². The highest BCUT2D eigenvalue weighted by Gasteiger charge is 2.26. The zero-order chi connectivity index (χ0) is 15.1. The van der Waals surface area contributed by atoms with E-state index in [0.29, 0.717) is 6.54 Å². The summed E-state index contributed by atoms with van der Waals surface area (Å²) in [6.45, 7) is 2.23. The third kappa shape index (κ3) is 4.25. The lowest BCUT2D eigenvalue weighted by Crippen LogP contribution is -2.41. The Hall–Kier alpha value is -1.97. The summed E-state index contributed by atoms with van der Waals surface area (Å²) in [6.07, 6.45) is -0.285. The summed E-state index contributed by atoms with van der Waals surface area (Å²) < 4.78 is 5.56. The van der Waals surface area contributed by atoms with Gasteiger partial charge in [0.1, 0.15) is 11.9 Å². The largest absolute Gasteiger partial charge is 0.375 e. The number of hydrogen-bond donors (Lipinski definition) is 1. The Kier molecular flexibility index (Phi) is 5.67. The molecule has 0 aliphatic heterocycles. The summed E-state index contributed by atoms with van der Waals surface area (Å²) in [5, 5.41) is 3.31. The number of hydrogen-bond acceptors (Lipinski definition) is 3. The summed E-state index contributed by atoms with van der Waals surface area (Å²) in [4.78, 5) is 12.0. The molecule has 0 aliphatic rings. The van der Waals surface area contributed by atoms with E-state index in [-0.39, 0.29) is 17.9 Å². The Morgan fingerprint density at radius 3 is 2.14 bits per heavy atom. The van der Waals surface area contributed by atoms with Crippen LogP contribution in [0.25, 0.3) is 0 Å². The maximum absolute atomic E-state index is 12.0. The zero-order valence-corrected chi connectivity index (χ0v) is 12.5. The Morgan fingerprint density at radius 1 is 1.05 bits per heavy atom. The molecular formula is C18H21NO2. The van der Waals surface area contributed by atoms with Gasteiger partial charge in [-0.2, -0.15) is 0 Å². The quantitative estimate of drug-likeness (QED) is 0.848. The Morgan fingerprint density at radius 2 is 1.62 bits per heavy atom. The maximum atomic E-state index is 12.0. The Bertz CT molecular complexity index is 554. The maximum Gasteiger partial charge on any atom is 0.149 e. The fourth-order valence-corrected chi connectivity index (χ4v) is 2.39. The average molecular weight is 283 g/mol. The van der Waals surface area contributed by atoms with Crippen LogP contribution in [-0.4, -0.2) is 18.9 Å². The van der Waals surface area contributed by atoms with Gasteiger partial charge in [0.05, 0.1) is 6.04 Å². The van der Waals surface area contributed by atoms with E-state index in [1.165, 1.54) is 0 Å². The summed E-state index contributed by atoms with van der Waals surface area (Å²) >= 11 is 0. The molecule has 2 aromatic carbocycles. The van der Waals surface area contributed by atoms with Gasteiger partial charge in [0.25, 0.3) is 0 Å². The fourth-order valence-electron chi connectivity index (χ4n) is 2.39. The van der Waals surface area contributed by atoms with Crippen molar-refractivity contribution in [2.45, 2.75) is 25.6 Å². The SMILES string of the molecule is COC(c1ccccc1)C(NCc1ccccc1)C(C)=O. The smallest absolute Gasteiger partial charge is 0.149 e. The number of methoxy groups -OCH3 is 1. The second kappa shape index (κ2) is 7.72. The number of carbonyl (C=O) groups excluding carboxylic acids is 1.